The Hall–Kier alpha value is -3.33. The van der Waals surface area contributed by atoms with Crippen molar-refractivity contribution >= 4 is 22.7 Å². The SMILES string of the molecule is COc1ccc(-n2nnnc2SCc2cc(=O)oc3c(C)c(O)ccc23)cc1. The van der Waals surface area contributed by atoms with Crippen LogP contribution in [0.25, 0.3) is 16.7 Å². The predicted molar refractivity (Wildman–Crippen MR) is 104 cm³/mol. The lowest BCUT2D eigenvalue weighted by atomic mass is 10.1. The molecule has 0 aliphatic heterocycles. The molecule has 0 aliphatic carbocycles. The molecule has 2 heterocycles. The van der Waals surface area contributed by atoms with E-state index in [9.17, 15) is 9.90 Å². The number of ether oxygens (including phenoxy) is 1. The lowest BCUT2D eigenvalue weighted by Gasteiger charge is -2.08. The number of aryl methyl sites for hydroxylation is 1. The van der Waals surface area contributed by atoms with Gasteiger partial charge < -0.3 is 14.3 Å². The van der Waals surface area contributed by atoms with Crippen LogP contribution in [0, 0.1) is 6.92 Å². The molecule has 0 radical (unpaired) electrons. The lowest BCUT2D eigenvalue weighted by molar-refractivity contribution is 0.414. The summed E-state index contributed by atoms with van der Waals surface area (Å²) in [6.07, 6.45) is 0. The van der Waals surface area contributed by atoms with Crippen molar-refractivity contribution in [1.29, 1.82) is 0 Å². The standard InChI is InChI=1S/C19H16N4O4S/c1-11-16(24)8-7-15-12(9-17(25)27-18(11)15)10-28-19-20-21-22-23(19)13-3-5-14(26-2)6-4-13/h3-9,24H,10H2,1-2H3. The fourth-order valence-electron chi connectivity index (χ4n) is 2.83. The number of aromatic hydroxyl groups is 1. The van der Waals surface area contributed by atoms with Crippen molar-refractivity contribution in [2.24, 2.45) is 0 Å². The van der Waals surface area contributed by atoms with Gasteiger partial charge in [0.05, 0.1) is 12.8 Å². The molecular weight excluding hydrogens is 380 g/mol. The number of methoxy groups -OCH3 is 1. The predicted octanol–water partition coefficient (Wildman–Crippen LogP) is 3.08. The van der Waals surface area contributed by atoms with Gasteiger partial charge >= 0.3 is 5.63 Å². The number of nitrogens with zero attached hydrogens (tertiary/aromatic N) is 4. The molecule has 0 aliphatic rings. The smallest absolute Gasteiger partial charge is 0.336 e. The fourth-order valence-corrected chi connectivity index (χ4v) is 3.71. The summed E-state index contributed by atoms with van der Waals surface area (Å²) in [5, 5.41) is 23.1. The minimum absolute atomic E-state index is 0.0869. The minimum Gasteiger partial charge on any atom is -0.508 e. The molecule has 0 unspecified atom stereocenters. The molecule has 0 spiro atoms. The van der Waals surface area contributed by atoms with Crippen LogP contribution in [0.3, 0.4) is 0 Å². The second-order valence-corrected chi connectivity index (χ2v) is 6.98. The lowest BCUT2D eigenvalue weighted by Crippen LogP contribution is -2.02. The number of thioether (sulfide) groups is 1. The first-order valence-electron chi connectivity index (χ1n) is 8.37. The van der Waals surface area contributed by atoms with Gasteiger partial charge in [-0.2, -0.15) is 4.68 Å². The summed E-state index contributed by atoms with van der Waals surface area (Å²) in [6.45, 7) is 1.71. The highest BCUT2D eigenvalue weighted by Crippen LogP contribution is 2.30. The molecule has 0 bridgehead atoms. The molecule has 4 rings (SSSR count). The molecule has 4 aromatic rings. The van der Waals surface area contributed by atoms with Gasteiger partial charge in [0.25, 0.3) is 0 Å². The third-order valence-electron chi connectivity index (χ3n) is 4.33. The summed E-state index contributed by atoms with van der Waals surface area (Å²) in [7, 11) is 1.61. The van der Waals surface area contributed by atoms with Gasteiger partial charge in [0.2, 0.25) is 5.16 Å². The Morgan fingerprint density at radius 1 is 1.21 bits per heavy atom. The molecule has 2 aromatic heterocycles. The number of hydrogen-bond acceptors (Lipinski definition) is 8. The molecule has 2 aromatic carbocycles. The average Bonchev–Trinajstić information content (AvgIpc) is 3.18. The fraction of sp³-hybridized carbons (Fsp3) is 0.158. The van der Waals surface area contributed by atoms with E-state index in [2.05, 4.69) is 15.5 Å². The third kappa shape index (κ3) is 3.31. The van der Waals surface area contributed by atoms with Crippen LogP contribution in [0.1, 0.15) is 11.1 Å². The highest BCUT2D eigenvalue weighted by Gasteiger charge is 2.14. The number of rotatable bonds is 5. The van der Waals surface area contributed by atoms with Gasteiger partial charge in [0, 0.05) is 22.8 Å². The number of phenols is 1. The Morgan fingerprint density at radius 2 is 2.00 bits per heavy atom. The zero-order valence-corrected chi connectivity index (χ0v) is 15.9. The van der Waals surface area contributed by atoms with Crippen LogP contribution in [-0.2, 0) is 5.75 Å². The summed E-state index contributed by atoms with van der Waals surface area (Å²) in [6, 6.07) is 12.2. The van der Waals surface area contributed by atoms with E-state index in [0.29, 0.717) is 22.1 Å². The van der Waals surface area contributed by atoms with Gasteiger partial charge in [-0.25, -0.2) is 4.79 Å². The van der Waals surface area contributed by atoms with Crippen LogP contribution < -0.4 is 10.4 Å². The highest BCUT2D eigenvalue weighted by atomic mass is 32.2. The molecule has 0 saturated carbocycles. The van der Waals surface area contributed by atoms with Gasteiger partial charge in [0.15, 0.2) is 0 Å². The van der Waals surface area contributed by atoms with Crippen molar-refractivity contribution in [1.82, 2.24) is 20.2 Å². The molecule has 8 nitrogen and oxygen atoms in total. The van der Waals surface area contributed by atoms with Gasteiger partial charge in [0.1, 0.15) is 17.1 Å². The van der Waals surface area contributed by atoms with Crippen molar-refractivity contribution < 1.29 is 14.3 Å². The van der Waals surface area contributed by atoms with Crippen molar-refractivity contribution in [3.05, 3.63) is 64.0 Å². The topological polar surface area (TPSA) is 103 Å². The molecule has 0 saturated heterocycles. The van der Waals surface area contributed by atoms with Gasteiger partial charge in [-0.3, -0.25) is 0 Å². The van der Waals surface area contributed by atoms with E-state index in [1.807, 2.05) is 24.3 Å². The average molecular weight is 396 g/mol. The van der Waals surface area contributed by atoms with Crippen LogP contribution >= 0.6 is 11.8 Å². The Bertz CT molecular complexity index is 1200. The van der Waals surface area contributed by atoms with Crippen LogP contribution in [0.15, 0.2) is 56.8 Å². The molecule has 0 amide bonds. The zero-order chi connectivity index (χ0) is 19.7. The highest BCUT2D eigenvalue weighted by molar-refractivity contribution is 7.98. The molecular formula is C19H16N4O4S. The second-order valence-electron chi connectivity index (χ2n) is 6.04. The second kappa shape index (κ2) is 7.35. The number of tetrazole rings is 1. The first-order chi connectivity index (χ1) is 13.6. The van der Waals surface area contributed by atoms with Crippen LogP contribution in [0.2, 0.25) is 0 Å². The van der Waals surface area contributed by atoms with E-state index in [1.165, 1.54) is 17.8 Å². The summed E-state index contributed by atoms with van der Waals surface area (Å²) in [4.78, 5) is 12.0. The maximum Gasteiger partial charge on any atom is 0.336 e. The largest absolute Gasteiger partial charge is 0.508 e. The summed E-state index contributed by atoms with van der Waals surface area (Å²) < 4.78 is 12.1. The van der Waals surface area contributed by atoms with E-state index in [0.717, 1.165) is 22.4 Å². The maximum absolute atomic E-state index is 12.0. The van der Waals surface area contributed by atoms with Crippen molar-refractivity contribution in [3.63, 3.8) is 0 Å². The molecule has 142 valence electrons. The molecule has 9 heteroatoms. The summed E-state index contributed by atoms with van der Waals surface area (Å²) in [5.74, 6) is 1.29. The van der Waals surface area contributed by atoms with Crippen LogP contribution in [0.4, 0.5) is 0 Å². The molecule has 0 fully saturated rings. The molecule has 0 atom stereocenters. The van der Waals surface area contributed by atoms with E-state index in [-0.39, 0.29) is 5.75 Å². The van der Waals surface area contributed by atoms with Gasteiger partial charge in [-0.1, -0.05) is 11.8 Å². The minimum atomic E-state index is -0.466. The molecule has 1 N–H and O–H groups in total. The Balaban J connectivity index is 1.65. The van der Waals surface area contributed by atoms with Crippen LogP contribution in [0.5, 0.6) is 11.5 Å². The van der Waals surface area contributed by atoms with Crippen molar-refractivity contribution in [2.75, 3.05) is 7.11 Å². The van der Waals surface area contributed by atoms with E-state index < -0.39 is 5.63 Å². The van der Waals surface area contributed by atoms with Gasteiger partial charge in [-0.15, -0.1) is 5.10 Å². The quantitative estimate of drug-likeness (QED) is 0.405. The van der Waals surface area contributed by atoms with Crippen LogP contribution in [-0.4, -0.2) is 32.4 Å². The maximum atomic E-state index is 12.0. The van der Waals surface area contributed by atoms with Crippen molar-refractivity contribution in [2.45, 2.75) is 17.8 Å². The normalized spacial score (nSPS) is 11.1. The summed E-state index contributed by atoms with van der Waals surface area (Å²) >= 11 is 1.40. The van der Waals surface area contributed by atoms with E-state index in [1.54, 1.807) is 30.8 Å². The van der Waals surface area contributed by atoms with E-state index in [4.69, 9.17) is 9.15 Å². The number of hydrogen-bond donors (Lipinski definition) is 1. The third-order valence-corrected chi connectivity index (χ3v) is 5.30. The Morgan fingerprint density at radius 3 is 2.75 bits per heavy atom. The van der Waals surface area contributed by atoms with E-state index >= 15 is 0 Å². The number of phenolic OH excluding ortho intramolecular Hbond substituents is 1. The summed E-state index contributed by atoms with van der Waals surface area (Å²) in [5.41, 5.74) is 2.03. The number of fused-ring (bicyclic) bond motifs is 1. The molecule has 28 heavy (non-hydrogen) atoms. The number of benzene rings is 2. The van der Waals surface area contributed by atoms with Crippen molar-refractivity contribution in [3.8, 4) is 17.2 Å². The first-order valence-corrected chi connectivity index (χ1v) is 9.36. The first kappa shape index (κ1) is 18.1. The Kier molecular flexibility index (Phi) is 4.74. The monoisotopic (exact) mass is 396 g/mol. The zero-order valence-electron chi connectivity index (χ0n) is 15.1. The van der Waals surface area contributed by atoms with Gasteiger partial charge in [-0.05, 0) is 59.3 Å². The Labute approximate surface area is 163 Å². The number of aromatic nitrogens is 4.